The zero-order valence-electron chi connectivity index (χ0n) is 17.4. The first-order valence-electron chi connectivity index (χ1n) is 10.6. The van der Waals surface area contributed by atoms with Crippen LogP contribution >= 0.6 is 0 Å². The highest BCUT2D eigenvalue weighted by atomic mass is 19.1. The van der Waals surface area contributed by atoms with E-state index in [2.05, 4.69) is 32.2 Å². The minimum absolute atomic E-state index is 0.149. The Hall–Kier alpha value is -3.04. The molecule has 1 aromatic heterocycles. The summed E-state index contributed by atoms with van der Waals surface area (Å²) in [7, 11) is 0. The number of likely N-dealkylation sites (N-methyl/N-ethyl adjacent to an activating group) is 1. The van der Waals surface area contributed by atoms with Crippen molar-refractivity contribution in [3.8, 4) is 11.5 Å². The lowest BCUT2D eigenvalue weighted by Crippen LogP contribution is -2.48. The summed E-state index contributed by atoms with van der Waals surface area (Å²) in [5.74, 6) is 1.98. The molecule has 0 saturated carbocycles. The summed E-state index contributed by atoms with van der Waals surface area (Å²) in [6.45, 7) is 7.72. The lowest BCUT2D eigenvalue weighted by molar-refractivity contribution is 0.108. The van der Waals surface area contributed by atoms with E-state index in [9.17, 15) is 4.39 Å². The lowest BCUT2D eigenvalue weighted by Gasteiger charge is -2.38. The van der Waals surface area contributed by atoms with Gasteiger partial charge in [-0.25, -0.2) is 9.07 Å². The standard InChI is InChI=1S/C22H25FN6O2/c1-2-27-9-11-28(12-10-27)21(17-4-6-18(23)7-5-17)22-24-25-26-29(22)14-16-3-8-19-20(13-16)31-15-30-19/h3-8,13,21H,2,9-12,14-15H2,1H3/t21-/m0/s1. The average molecular weight is 424 g/mol. The Balaban J connectivity index is 1.46. The zero-order chi connectivity index (χ0) is 21.2. The molecule has 0 bridgehead atoms. The van der Waals surface area contributed by atoms with Gasteiger partial charge in [0.25, 0.3) is 0 Å². The molecule has 1 saturated heterocycles. The molecule has 0 N–H and O–H groups in total. The summed E-state index contributed by atoms with van der Waals surface area (Å²) in [4.78, 5) is 4.80. The third kappa shape index (κ3) is 4.11. The van der Waals surface area contributed by atoms with Gasteiger partial charge in [-0.3, -0.25) is 4.90 Å². The highest BCUT2D eigenvalue weighted by Gasteiger charge is 2.30. The highest BCUT2D eigenvalue weighted by Crippen LogP contribution is 2.33. The summed E-state index contributed by atoms with van der Waals surface area (Å²) < 4.78 is 26.3. The fraction of sp³-hybridized carbons (Fsp3) is 0.409. The van der Waals surface area contributed by atoms with Crippen LogP contribution in [0.1, 0.15) is 29.9 Å². The number of piperazine rings is 1. The SMILES string of the molecule is CCN1CCN([C@@H](c2ccc(F)cc2)c2nnnn2Cc2ccc3c(c2)OCO3)CC1. The van der Waals surface area contributed by atoms with Gasteiger partial charge in [0.05, 0.1) is 12.6 Å². The molecule has 2 aromatic carbocycles. The minimum Gasteiger partial charge on any atom is -0.454 e. The van der Waals surface area contributed by atoms with E-state index in [1.165, 1.54) is 12.1 Å². The largest absolute Gasteiger partial charge is 0.454 e. The van der Waals surface area contributed by atoms with Gasteiger partial charge in [0.1, 0.15) is 5.82 Å². The van der Waals surface area contributed by atoms with Crippen molar-refractivity contribution in [3.63, 3.8) is 0 Å². The zero-order valence-corrected chi connectivity index (χ0v) is 17.4. The lowest BCUT2D eigenvalue weighted by atomic mass is 10.0. The highest BCUT2D eigenvalue weighted by molar-refractivity contribution is 5.44. The van der Waals surface area contributed by atoms with E-state index in [4.69, 9.17) is 9.47 Å². The fourth-order valence-electron chi connectivity index (χ4n) is 4.24. The Kier molecular flexibility index (Phi) is 5.52. The number of fused-ring (bicyclic) bond motifs is 1. The van der Waals surface area contributed by atoms with Gasteiger partial charge in [0.15, 0.2) is 17.3 Å². The number of ether oxygens (including phenoxy) is 2. The van der Waals surface area contributed by atoms with Gasteiger partial charge in [-0.15, -0.1) is 5.10 Å². The van der Waals surface area contributed by atoms with Gasteiger partial charge in [0, 0.05) is 26.2 Å². The Morgan fingerprint density at radius 3 is 2.55 bits per heavy atom. The maximum Gasteiger partial charge on any atom is 0.231 e. The van der Waals surface area contributed by atoms with E-state index < -0.39 is 0 Å². The first kappa shape index (κ1) is 19.9. The van der Waals surface area contributed by atoms with Crippen molar-refractivity contribution >= 4 is 0 Å². The molecule has 0 aliphatic carbocycles. The second-order valence-corrected chi connectivity index (χ2v) is 7.81. The van der Waals surface area contributed by atoms with Crippen molar-refractivity contribution < 1.29 is 13.9 Å². The third-order valence-corrected chi connectivity index (χ3v) is 5.98. The number of benzene rings is 2. The quantitative estimate of drug-likeness (QED) is 0.602. The van der Waals surface area contributed by atoms with Crippen LogP contribution in [0.5, 0.6) is 11.5 Å². The molecule has 3 heterocycles. The summed E-state index contributed by atoms with van der Waals surface area (Å²) >= 11 is 0. The summed E-state index contributed by atoms with van der Waals surface area (Å²) in [6.07, 6.45) is 0. The number of rotatable bonds is 6. The van der Waals surface area contributed by atoms with Crippen molar-refractivity contribution in [1.29, 1.82) is 0 Å². The van der Waals surface area contributed by atoms with Crippen LogP contribution in [0, 0.1) is 5.82 Å². The molecule has 31 heavy (non-hydrogen) atoms. The summed E-state index contributed by atoms with van der Waals surface area (Å²) in [5.41, 5.74) is 2.00. The van der Waals surface area contributed by atoms with E-state index in [-0.39, 0.29) is 18.7 Å². The second kappa shape index (κ2) is 8.60. The molecule has 1 atom stereocenters. The Morgan fingerprint density at radius 1 is 1.00 bits per heavy atom. The van der Waals surface area contributed by atoms with Crippen LogP contribution in [0.3, 0.4) is 0 Å². The van der Waals surface area contributed by atoms with E-state index in [0.29, 0.717) is 6.54 Å². The summed E-state index contributed by atoms with van der Waals surface area (Å²) in [5, 5.41) is 12.6. The molecular formula is C22H25FN6O2. The maximum atomic E-state index is 13.6. The van der Waals surface area contributed by atoms with E-state index in [0.717, 1.165) is 61.2 Å². The van der Waals surface area contributed by atoms with Crippen LogP contribution in [0.4, 0.5) is 4.39 Å². The monoisotopic (exact) mass is 424 g/mol. The van der Waals surface area contributed by atoms with E-state index in [1.807, 2.05) is 35.0 Å². The minimum atomic E-state index is -0.252. The topological polar surface area (TPSA) is 68.5 Å². The van der Waals surface area contributed by atoms with E-state index in [1.54, 1.807) is 0 Å². The maximum absolute atomic E-state index is 13.6. The normalized spacial score (nSPS) is 17.7. The van der Waals surface area contributed by atoms with Gasteiger partial charge < -0.3 is 14.4 Å². The number of hydrogen-bond donors (Lipinski definition) is 0. The average Bonchev–Trinajstić information content (AvgIpc) is 3.45. The number of hydrogen-bond acceptors (Lipinski definition) is 7. The number of nitrogens with zero attached hydrogens (tertiary/aromatic N) is 6. The van der Waals surface area contributed by atoms with Crippen LogP contribution in [-0.2, 0) is 6.54 Å². The van der Waals surface area contributed by atoms with Crippen molar-refractivity contribution in [2.45, 2.75) is 19.5 Å². The Labute approximate surface area is 180 Å². The predicted molar refractivity (Wildman–Crippen MR) is 111 cm³/mol. The molecule has 8 nitrogen and oxygen atoms in total. The molecule has 0 amide bonds. The third-order valence-electron chi connectivity index (χ3n) is 5.98. The van der Waals surface area contributed by atoms with Gasteiger partial charge in [-0.2, -0.15) is 0 Å². The molecule has 0 spiro atoms. The molecule has 0 radical (unpaired) electrons. The van der Waals surface area contributed by atoms with Crippen LogP contribution < -0.4 is 9.47 Å². The second-order valence-electron chi connectivity index (χ2n) is 7.81. The van der Waals surface area contributed by atoms with Gasteiger partial charge in [-0.1, -0.05) is 25.1 Å². The molecule has 5 rings (SSSR count). The van der Waals surface area contributed by atoms with Crippen molar-refractivity contribution in [2.24, 2.45) is 0 Å². The molecule has 2 aliphatic rings. The van der Waals surface area contributed by atoms with Crippen molar-refractivity contribution in [1.82, 2.24) is 30.0 Å². The molecule has 162 valence electrons. The van der Waals surface area contributed by atoms with Gasteiger partial charge in [-0.05, 0) is 52.4 Å². The molecular weight excluding hydrogens is 399 g/mol. The Morgan fingerprint density at radius 2 is 1.77 bits per heavy atom. The van der Waals surface area contributed by atoms with Crippen LogP contribution in [0.2, 0.25) is 0 Å². The molecule has 9 heteroatoms. The number of halogens is 1. The van der Waals surface area contributed by atoms with Crippen molar-refractivity contribution in [2.75, 3.05) is 39.5 Å². The molecule has 1 fully saturated rings. The van der Waals surface area contributed by atoms with E-state index >= 15 is 0 Å². The van der Waals surface area contributed by atoms with Crippen LogP contribution in [0.25, 0.3) is 0 Å². The fourth-order valence-corrected chi connectivity index (χ4v) is 4.24. The first-order valence-corrected chi connectivity index (χ1v) is 10.6. The number of aromatic nitrogens is 4. The number of tetrazole rings is 1. The van der Waals surface area contributed by atoms with Crippen LogP contribution in [0.15, 0.2) is 42.5 Å². The Bertz CT molecular complexity index is 1030. The van der Waals surface area contributed by atoms with Crippen molar-refractivity contribution in [3.05, 3.63) is 65.2 Å². The summed E-state index contributed by atoms with van der Waals surface area (Å²) in [6, 6.07) is 12.4. The molecule has 0 unspecified atom stereocenters. The van der Waals surface area contributed by atoms with Gasteiger partial charge >= 0.3 is 0 Å². The van der Waals surface area contributed by atoms with Crippen LogP contribution in [-0.4, -0.2) is 69.5 Å². The molecule has 3 aromatic rings. The van der Waals surface area contributed by atoms with Gasteiger partial charge in [0.2, 0.25) is 6.79 Å². The first-order chi connectivity index (χ1) is 15.2. The smallest absolute Gasteiger partial charge is 0.231 e. The predicted octanol–water partition coefficient (Wildman–Crippen LogP) is 2.32. The molecule has 2 aliphatic heterocycles.